The second-order valence-electron chi connectivity index (χ2n) is 5.30. The van der Waals surface area contributed by atoms with Gasteiger partial charge in [-0.1, -0.05) is 35.2 Å². The number of hydrogen-bond acceptors (Lipinski definition) is 1. The van der Waals surface area contributed by atoms with Crippen LogP contribution in [0.5, 0.6) is 0 Å². The molecule has 0 aromatic heterocycles. The smallest absolute Gasteiger partial charge is 0.138 e. The summed E-state index contributed by atoms with van der Waals surface area (Å²) in [7, 11) is 0. The lowest BCUT2D eigenvalue weighted by Crippen LogP contribution is -2.28. The Balaban J connectivity index is 2.10. The van der Waals surface area contributed by atoms with E-state index in [-0.39, 0.29) is 0 Å². The maximum atomic E-state index is 6.42. The summed E-state index contributed by atoms with van der Waals surface area (Å²) in [5, 5.41) is 1.22. The van der Waals surface area contributed by atoms with E-state index in [0.29, 0.717) is 16.1 Å². The SMILES string of the molecule is ClC1=C(Cl)N(Cl)CC2CCCC3CCCC1=C32. The predicted molar refractivity (Wildman–Crippen MR) is 73.0 cm³/mol. The number of nitrogens with zero attached hydrogens (tertiary/aromatic N) is 1. The molecule has 2 aliphatic carbocycles. The monoisotopic (exact) mass is 291 g/mol. The largest absolute Gasteiger partial charge is 0.273 e. The highest BCUT2D eigenvalue weighted by Gasteiger charge is 2.37. The molecule has 0 bridgehead atoms. The van der Waals surface area contributed by atoms with Gasteiger partial charge in [0, 0.05) is 18.3 Å². The summed E-state index contributed by atoms with van der Waals surface area (Å²) in [6, 6.07) is 0. The van der Waals surface area contributed by atoms with E-state index < -0.39 is 0 Å². The number of halogens is 3. The lowest BCUT2D eigenvalue weighted by Gasteiger charge is -2.37. The molecule has 3 aliphatic rings. The van der Waals surface area contributed by atoms with Crippen LogP contribution in [0.1, 0.15) is 38.5 Å². The second-order valence-corrected chi connectivity index (χ2v) is 6.44. The van der Waals surface area contributed by atoms with Crippen LogP contribution in [-0.4, -0.2) is 11.0 Å². The zero-order chi connectivity index (χ0) is 12.0. The molecule has 0 N–H and O–H groups in total. The highest BCUT2D eigenvalue weighted by Crippen LogP contribution is 2.49. The summed E-state index contributed by atoms with van der Waals surface area (Å²) in [5.41, 5.74) is 2.88. The standard InChI is InChI=1S/C13H16Cl3N/c14-12-10-6-2-4-8-3-1-5-9(11(8)10)7-17(16)13(12)15/h8-9H,1-7H2. The van der Waals surface area contributed by atoms with Gasteiger partial charge in [-0.05, 0) is 49.5 Å². The van der Waals surface area contributed by atoms with Gasteiger partial charge >= 0.3 is 0 Å². The van der Waals surface area contributed by atoms with Crippen molar-refractivity contribution < 1.29 is 0 Å². The molecule has 1 nitrogen and oxygen atoms in total. The van der Waals surface area contributed by atoms with E-state index in [9.17, 15) is 0 Å². The van der Waals surface area contributed by atoms with Crippen molar-refractivity contribution in [3.8, 4) is 0 Å². The van der Waals surface area contributed by atoms with Gasteiger partial charge in [-0.2, -0.15) is 0 Å². The predicted octanol–water partition coefficient (Wildman–Crippen LogP) is 5.00. The summed E-state index contributed by atoms with van der Waals surface area (Å²) < 4.78 is 1.61. The first-order valence-corrected chi connectivity index (χ1v) is 7.49. The zero-order valence-electron chi connectivity index (χ0n) is 9.69. The fourth-order valence-corrected chi connectivity index (χ4v) is 4.43. The van der Waals surface area contributed by atoms with Crippen molar-refractivity contribution in [2.24, 2.45) is 11.8 Å². The molecule has 4 heteroatoms. The number of rotatable bonds is 0. The first kappa shape index (κ1) is 12.2. The van der Waals surface area contributed by atoms with Gasteiger partial charge in [0.2, 0.25) is 0 Å². The highest BCUT2D eigenvalue weighted by atomic mass is 35.5. The molecule has 0 saturated heterocycles. The van der Waals surface area contributed by atoms with E-state index in [1.54, 1.807) is 9.99 Å². The maximum absolute atomic E-state index is 6.42. The Hall–Kier alpha value is 0.150. The van der Waals surface area contributed by atoms with Crippen LogP contribution in [-0.2, 0) is 0 Å². The van der Waals surface area contributed by atoms with Crippen LogP contribution in [0.15, 0.2) is 21.3 Å². The van der Waals surface area contributed by atoms with E-state index in [4.69, 9.17) is 35.0 Å². The molecule has 2 atom stereocenters. The van der Waals surface area contributed by atoms with Crippen molar-refractivity contribution in [2.45, 2.75) is 38.5 Å². The fourth-order valence-electron chi connectivity index (χ4n) is 3.65. The summed E-state index contributed by atoms with van der Waals surface area (Å²) in [6.45, 7) is 0.811. The van der Waals surface area contributed by atoms with Crippen molar-refractivity contribution in [3.05, 3.63) is 21.3 Å². The minimum Gasteiger partial charge on any atom is -0.273 e. The normalized spacial score (nSPS) is 33.7. The molecular weight excluding hydrogens is 277 g/mol. The van der Waals surface area contributed by atoms with Crippen molar-refractivity contribution in [1.82, 2.24) is 4.42 Å². The van der Waals surface area contributed by atoms with Gasteiger partial charge in [-0.3, -0.25) is 4.42 Å². The summed E-state index contributed by atoms with van der Waals surface area (Å²) >= 11 is 18.9. The van der Waals surface area contributed by atoms with E-state index in [1.165, 1.54) is 37.7 Å². The molecule has 0 aromatic rings. The van der Waals surface area contributed by atoms with Crippen molar-refractivity contribution in [1.29, 1.82) is 0 Å². The van der Waals surface area contributed by atoms with Crippen LogP contribution >= 0.6 is 35.0 Å². The Morgan fingerprint density at radius 2 is 1.71 bits per heavy atom. The number of allylic oxidation sites excluding steroid dienone is 2. The Morgan fingerprint density at radius 3 is 2.53 bits per heavy atom. The molecule has 17 heavy (non-hydrogen) atoms. The second kappa shape index (κ2) is 4.68. The van der Waals surface area contributed by atoms with Crippen molar-refractivity contribution in [2.75, 3.05) is 6.54 Å². The molecule has 0 aromatic carbocycles. The average molecular weight is 293 g/mol. The first-order valence-electron chi connectivity index (χ1n) is 6.40. The minimum atomic E-state index is 0.519. The molecule has 0 spiro atoms. The van der Waals surface area contributed by atoms with Crippen molar-refractivity contribution in [3.63, 3.8) is 0 Å². The zero-order valence-corrected chi connectivity index (χ0v) is 12.0. The Kier molecular flexibility index (Phi) is 3.36. The van der Waals surface area contributed by atoms with E-state index in [2.05, 4.69) is 0 Å². The molecular formula is C13H16Cl3N. The van der Waals surface area contributed by atoms with Crippen molar-refractivity contribution >= 4 is 35.0 Å². The van der Waals surface area contributed by atoms with Crippen LogP contribution in [0.4, 0.5) is 0 Å². The van der Waals surface area contributed by atoms with Gasteiger partial charge in [0.25, 0.3) is 0 Å². The fraction of sp³-hybridized carbons (Fsp3) is 0.692. The molecule has 1 aliphatic heterocycles. The molecule has 2 unspecified atom stereocenters. The van der Waals surface area contributed by atoms with Crippen LogP contribution in [0.25, 0.3) is 0 Å². The van der Waals surface area contributed by atoms with Gasteiger partial charge in [0.05, 0.1) is 5.03 Å². The quantitative estimate of drug-likeness (QED) is 0.448. The molecule has 0 radical (unpaired) electrons. The average Bonchev–Trinajstić information content (AvgIpc) is 2.44. The molecule has 1 saturated carbocycles. The summed E-state index contributed by atoms with van der Waals surface area (Å²) in [4.78, 5) is 0. The molecule has 94 valence electrons. The summed E-state index contributed by atoms with van der Waals surface area (Å²) in [6.07, 6.45) is 7.48. The molecule has 3 rings (SSSR count). The Labute approximate surface area is 118 Å². The maximum Gasteiger partial charge on any atom is 0.138 e. The lowest BCUT2D eigenvalue weighted by atomic mass is 9.69. The molecule has 1 fully saturated rings. The van der Waals surface area contributed by atoms with Crippen LogP contribution in [0, 0.1) is 11.8 Å². The summed E-state index contributed by atoms with van der Waals surface area (Å²) in [5.74, 6) is 1.30. The van der Waals surface area contributed by atoms with E-state index in [0.717, 1.165) is 18.9 Å². The van der Waals surface area contributed by atoms with Gasteiger partial charge < -0.3 is 0 Å². The van der Waals surface area contributed by atoms with E-state index >= 15 is 0 Å². The van der Waals surface area contributed by atoms with Gasteiger partial charge in [-0.15, -0.1) is 0 Å². The molecule has 0 amide bonds. The first-order chi connectivity index (χ1) is 8.18. The van der Waals surface area contributed by atoms with Crippen LogP contribution in [0.3, 0.4) is 0 Å². The van der Waals surface area contributed by atoms with Crippen LogP contribution in [0.2, 0.25) is 0 Å². The topological polar surface area (TPSA) is 3.24 Å². The van der Waals surface area contributed by atoms with Crippen LogP contribution < -0.4 is 0 Å². The third kappa shape index (κ3) is 2.01. The third-order valence-electron chi connectivity index (χ3n) is 4.35. The minimum absolute atomic E-state index is 0.519. The lowest BCUT2D eigenvalue weighted by molar-refractivity contribution is 0.308. The third-order valence-corrected chi connectivity index (χ3v) is 5.64. The van der Waals surface area contributed by atoms with Gasteiger partial charge in [0.15, 0.2) is 0 Å². The number of hydrogen-bond donors (Lipinski definition) is 0. The Morgan fingerprint density at radius 1 is 1.00 bits per heavy atom. The van der Waals surface area contributed by atoms with Gasteiger partial charge in [0.1, 0.15) is 5.16 Å². The highest BCUT2D eigenvalue weighted by molar-refractivity contribution is 6.42. The van der Waals surface area contributed by atoms with E-state index in [1.807, 2.05) is 0 Å². The molecule has 1 heterocycles. The Bertz CT molecular complexity index is 399. The van der Waals surface area contributed by atoms with Gasteiger partial charge in [-0.25, -0.2) is 0 Å².